The number of aromatic nitrogens is 4. The normalized spacial score (nSPS) is 18.3. The zero-order chi connectivity index (χ0) is 30.3. The van der Waals surface area contributed by atoms with Crippen molar-refractivity contribution in [2.45, 2.75) is 83.5 Å². The third-order valence-electron chi connectivity index (χ3n) is 7.75. The number of imidazole rings is 1. The first-order valence-electron chi connectivity index (χ1n) is 14.6. The second-order valence-corrected chi connectivity index (χ2v) is 12.2. The molecule has 1 aromatic carbocycles. The average molecular weight is 579 g/mol. The molecule has 0 saturated heterocycles. The molecular weight excluding hydrogens is 544 g/mol. The molecule has 10 nitrogen and oxygen atoms in total. The molecule has 3 aromatic heterocycles. The van der Waals surface area contributed by atoms with Crippen molar-refractivity contribution < 1.29 is 19.1 Å². The number of rotatable bonds is 6. The van der Waals surface area contributed by atoms with Crippen LogP contribution in [-0.2, 0) is 14.3 Å². The van der Waals surface area contributed by atoms with Crippen LogP contribution in [0.4, 0.5) is 16.4 Å². The number of fused-ring (bicyclic) bond motifs is 1. The van der Waals surface area contributed by atoms with E-state index in [1.807, 2.05) is 24.5 Å². The molecule has 43 heavy (non-hydrogen) atoms. The summed E-state index contributed by atoms with van der Waals surface area (Å²) in [6, 6.07) is 15.3. The van der Waals surface area contributed by atoms with Crippen LogP contribution < -0.4 is 4.90 Å². The van der Waals surface area contributed by atoms with Crippen molar-refractivity contribution in [2.24, 2.45) is 0 Å². The van der Waals surface area contributed by atoms with Crippen LogP contribution in [0.2, 0.25) is 0 Å². The van der Waals surface area contributed by atoms with E-state index in [2.05, 4.69) is 32.7 Å². The van der Waals surface area contributed by atoms with Crippen LogP contribution in [0.3, 0.4) is 0 Å². The zero-order valence-electron chi connectivity index (χ0n) is 24.8. The Balaban J connectivity index is 1.45. The van der Waals surface area contributed by atoms with Crippen molar-refractivity contribution in [1.82, 2.24) is 19.5 Å². The Hall–Kier alpha value is -4.78. The van der Waals surface area contributed by atoms with E-state index in [9.17, 15) is 14.9 Å². The molecule has 0 radical (unpaired) electrons. The van der Waals surface area contributed by atoms with Crippen LogP contribution in [-0.4, -0.2) is 43.3 Å². The zero-order valence-corrected chi connectivity index (χ0v) is 24.8. The Morgan fingerprint density at radius 2 is 1.84 bits per heavy atom. The molecule has 2 fully saturated rings. The number of carbonyl (C=O) groups excluding carboxylic acids is 2. The van der Waals surface area contributed by atoms with Gasteiger partial charge in [0, 0.05) is 18.7 Å². The van der Waals surface area contributed by atoms with Crippen molar-refractivity contribution in [3.63, 3.8) is 0 Å². The second-order valence-electron chi connectivity index (χ2n) is 12.2. The lowest BCUT2D eigenvalue weighted by Crippen LogP contribution is -2.35. The first-order chi connectivity index (χ1) is 20.6. The Morgan fingerprint density at radius 3 is 2.56 bits per heavy atom. The molecule has 2 atom stereocenters. The molecule has 0 N–H and O–H groups in total. The summed E-state index contributed by atoms with van der Waals surface area (Å²) in [7, 11) is 0. The maximum absolute atomic E-state index is 13.6. The van der Waals surface area contributed by atoms with Gasteiger partial charge in [0.2, 0.25) is 0 Å². The number of nitriles is 1. The summed E-state index contributed by atoms with van der Waals surface area (Å²) in [6.45, 7) is 6.85. The lowest BCUT2D eigenvalue weighted by Gasteiger charge is -2.27. The van der Waals surface area contributed by atoms with E-state index in [0.29, 0.717) is 23.0 Å². The second kappa shape index (κ2) is 11.1. The fourth-order valence-electron chi connectivity index (χ4n) is 5.70. The summed E-state index contributed by atoms with van der Waals surface area (Å²) in [4.78, 5) is 40.7. The lowest BCUT2D eigenvalue weighted by molar-refractivity contribution is -0.147. The number of benzene rings is 1. The number of pyridine rings is 2. The van der Waals surface area contributed by atoms with Crippen LogP contribution in [0.15, 0.2) is 55.0 Å². The van der Waals surface area contributed by atoms with Gasteiger partial charge < -0.3 is 14.0 Å². The van der Waals surface area contributed by atoms with E-state index in [1.54, 1.807) is 32.9 Å². The Kier molecular flexibility index (Phi) is 7.34. The maximum atomic E-state index is 13.6. The van der Waals surface area contributed by atoms with Gasteiger partial charge in [-0.2, -0.15) is 5.26 Å². The lowest BCUT2D eigenvalue weighted by atomic mass is 10.0. The van der Waals surface area contributed by atoms with Gasteiger partial charge in [0.05, 0.1) is 40.7 Å². The standard InChI is InChI=1S/C33H34N6O4/c1-20(40)42-29-7-5-6-27(29)38-19-36-25-11-10-23(16-28(25)38)26-15-24(22-8-9-22)17-31(37-26)39(32(41)43-33(2,3)4)30-14-21(18-34)12-13-35-30/h10-17,19,22,27,29H,5-9H2,1-4H3/t27-,29-/m1/s1. The highest BCUT2D eigenvalue weighted by molar-refractivity contribution is 5.95. The molecule has 0 bridgehead atoms. The topological polar surface area (TPSA) is 123 Å². The van der Waals surface area contributed by atoms with Gasteiger partial charge in [0.15, 0.2) is 0 Å². The molecular formula is C33H34N6O4. The highest BCUT2D eigenvalue weighted by Gasteiger charge is 2.33. The average Bonchev–Trinajstić information content (AvgIpc) is 3.59. The smallest absolute Gasteiger partial charge is 0.421 e. The number of amides is 1. The molecule has 0 unspecified atom stereocenters. The van der Waals surface area contributed by atoms with E-state index >= 15 is 0 Å². The van der Waals surface area contributed by atoms with Crippen LogP contribution in [0.25, 0.3) is 22.3 Å². The Labute approximate surface area is 250 Å². The van der Waals surface area contributed by atoms with Gasteiger partial charge in [-0.1, -0.05) is 6.07 Å². The van der Waals surface area contributed by atoms with Crippen LogP contribution in [0.5, 0.6) is 0 Å². The summed E-state index contributed by atoms with van der Waals surface area (Å²) >= 11 is 0. The first kappa shape index (κ1) is 28.3. The highest BCUT2D eigenvalue weighted by atomic mass is 16.6. The number of hydrogen-bond donors (Lipinski definition) is 0. The first-order valence-corrected chi connectivity index (χ1v) is 14.6. The fourth-order valence-corrected chi connectivity index (χ4v) is 5.70. The SMILES string of the molecule is CC(=O)O[C@@H]1CCC[C@H]1n1cnc2ccc(-c3cc(C4CC4)cc(N(C(=O)OC(C)(C)C)c4cc(C#N)ccn4)n3)cc21. The largest absolute Gasteiger partial charge is 0.460 e. The van der Waals surface area contributed by atoms with Crippen molar-refractivity contribution in [2.75, 3.05) is 4.90 Å². The molecule has 2 saturated carbocycles. The third kappa shape index (κ3) is 6.07. The molecule has 2 aliphatic rings. The molecule has 6 rings (SSSR count). The molecule has 4 aromatic rings. The number of esters is 1. The van der Waals surface area contributed by atoms with Gasteiger partial charge in [0.1, 0.15) is 23.3 Å². The summed E-state index contributed by atoms with van der Waals surface area (Å²) in [5, 5.41) is 9.53. The number of ether oxygens (including phenoxy) is 2. The molecule has 220 valence electrons. The van der Waals surface area contributed by atoms with E-state index < -0.39 is 11.7 Å². The minimum atomic E-state index is -0.757. The number of hydrogen-bond acceptors (Lipinski definition) is 8. The van der Waals surface area contributed by atoms with Crippen LogP contribution in [0.1, 0.15) is 82.9 Å². The number of anilines is 2. The number of carbonyl (C=O) groups is 2. The van der Waals surface area contributed by atoms with Crippen molar-refractivity contribution in [3.05, 3.63) is 66.1 Å². The minimum Gasteiger partial charge on any atom is -0.460 e. The minimum absolute atomic E-state index is 0.00612. The number of nitrogens with zero attached hydrogens (tertiary/aromatic N) is 6. The summed E-state index contributed by atoms with van der Waals surface area (Å²) < 4.78 is 13.5. The van der Waals surface area contributed by atoms with E-state index in [4.69, 9.17) is 14.5 Å². The van der Waals surface area contributed by atoms with Gasteiger partial charge in [-0.25, -0.2) is 24.6 Å². The molecule has 2 aliphatic carbocycles. The molecule has 3 heterocycles. The van der Waals surface area contributed by atoms with Gasteiger partial charge in [0.25, 0.3) is 0 Å². The summed E-state index contributed by atoms with van der Waals surface area (Å²) in [6.07, 6.45) is 7.29. The van der Waals surface area contributed by atoms with Gasteiger partial charge in [-0.3, -0.25) is 4.79 Å². The maximum Gasteiger partial charge on any atom is 0.421 e. The third-order valence-corrected chi connectivity index (χ3v) is 7.75. The van der Waals surface area contributed by atoms with Gasteiger partial charge >= 0.3 is 12.1 Å². The van der Waals surface area contributed by atoms with Crippen LogP contribution >= 0.6 is 0 Å². The van der Waals surface area contributed by atoms with Crippen molar-refractivity contribution in [1.29, 1.82) is 5.26 Å². The van der Waals surface area contributed by atoms with Crippen LogP contribution in [0, 0.1) is 11.3 Å². The molecule has 0 spiro atoms. The molecule has 0 aliphatic heterocycles. The van der Waals surface area contributed by atoms with E-state index in [1.165, 1.54) is 18.0 Å². The van der Waals surface area contributed by atoms with Gasteiger partial charge in [-0.05, 0) is 101 Å². The fraction of sp³-hybridized carbons (Fsp3) is 0.394. The van der Waals surface area contributed by atoms with E-state index in [-0.39, 0.29) is 23.9 Å². The summed E-state index contributed by atoms with van der Waals surface area (Å²) in [5.41, 5.74) is 4.01. The Morgan fingerprint density at radius 1 is 1.02 bits per heavy atom. The predicted octanol–water partition coefficient (Wildman–Crippen LogP) is 6.97. The summed E-state index contributed by atoms with van der Waals surface area (Å²) in [5.74, 6) is 0.720. The monoisotopic (exact) mass is 578 g/mol. The molecule has 10 heteroatoms. The Bertz CT molecular complexity index is 1750. The highest BCUT2D eigenvalue weighted by Crippen LogP contribution is 2.43. The predicted molar refractivity (Wildman–Crippen MR) is 161 cm³/mol. The van der Waals surface area contributed by atoms with Gasteiger partial charge in [-0.15, -0.1) is 0 Å². The van der Waals surface area contributed by atoms with E-state index in [0.717, 1.165) is 54.3 Å². The quantitative estimate of drug-likeness (QED) is 0.225. The molecule has 1 amide bonds. The van der Waals surface area contributed by atoms with Crippen molar-refractivity contribution in [3.8, 4) is 17.3 Å². The van der Waals surface area contributed by atoms with Crippen molar-refractivity contribution >= 4 is 34.7 Å².